The zero-order valence-electron chi connectivity index (χ0n) is 9.93. The van der Waals surface area contributed by atoms with Crippen molar-refractivity contribution in [3.8, 4) is 0 Å². The van der Waals surface area contributed by atoms with E-state index < -0.39 is 0 Å². The minimum atomic E-state index is 0.548. The van der Waals surface area contributed by atoms with Crippen LogP contribution in [-0.4, -0.2) is 26.7 Å². The van der Waals surface area contributed by atoms with Gasteiger partial charge in [0.2, 0.25) is 0 Å². The summed E-state index contributed by atoms with van der Waals surface area (Å²) in [6.45, 7) is 2.09. The van der Waals surface area contributed by atoms with Gasteiger partial charge in [0.05, 0.1) is 0 Å². The summed E-state index contributed by atoms with van der Waals surface area (Å²) in [5.41, 5.74) is 2.21. The molecule has 88 valence electrons. The lowest BCUT2D eigenvalue weighted by Crippen LogP contribution is -2.22. The number of pyridine rings is 1. The van der Waals surface area contributed by atoms with E-state index in [9.17, 15) is 0 Å². The average Bonchev–Trinajstić information content (AvgIpc) is 3.01. The minimum Gasteiger partial charge on any atom is -0.310 e. The topological polar surface area (TPSA) is 42.2 Å². The summed E-state index contributed by atoms with van der Waals surface area (Å²) in [6.07, 6.45) is 5.94. The summed E-state index contributed by atoms with van der Waals surface area (Å²) in [5.74, 6) is 1.69. The Morgan fingerprint density at radius 3 is 3.06 bits per heavy atom. The zero-order valence-corrected chi connectivity index (χ0v) is 9.93. The molecule has 0 radical (unpaired) electrons. The fourth-order valence-electron chi connectivity index (χ4n) is 3.37. The summed E-state index contributed by atoms with van der Waals surface area (Å²) >= 11 is 0. The Kier molecular flexibility index (Phi) is 1.86. The van der Waals surface area contributed by atoms with E-state index in [-0.39, 0.29) is 0 Å². The van der Waals surface area contributed by atoms with Crippen LogP contribution in [0.1, 0.15) is 36.6 Å². The summed E-state index contributed by atoms with van der Waals surface area (Å²) in [5, 5.41) is 12.4. The van der Waals surface area contributed by atoms with Gasteiger partial charge in [0, 0.05) is 24.2 Å². The van der Waals surface area contributed by atoms with Gasteiger partial charge >= 0.3 is 0 Å². The first-order chi connectivity index (χ1) is 8.31. The molecule has 1 N–H and O–H groups in total. The van der Waals surface area contributed by atoms with Crippen LogP contribution in [0.15, 0.2) is 18.3 Å². The molecule has 3 unspecified atom stereocenters. The van der Waals surface area contributed by atoms with Crippen LogP contribution in [0.3, 0.4) is 0 Å². The summed E-state index contributed by atoms with van der Waals surface area (Å²) in [4.78, 5) is 0. The second-order valence-electron chi connectivity index (χ2n) is 5.38. The van der Waals surface area contributed by atoms with Crippen LogP contribution in [0.2, 0.25) is 0 Å². The number of rotatable bonds is 1. The van der Waals surface area contributed by atoms with Gasteiger partial charge < -0.3 is 5.32 Å². The predicted octanol–water partition coefficient (Wildman–Crippen LogP) is 1.65. The first kappa shape index (κ1) is 9.59. The maximum absolute atomic E-state index is 4.41. The lowest BCUT2D eigenvalue weighted by molar-refractivity contribution is 0.483. The molecule has 4 nitrogen and oxygen atoms in total. The normalized spacial score (nSPS) is 31.5. The molecule has 0 aromatic carbocycles. The van der Waals surface area contributed by atoms with Crippen molar-refractivity contribution in [1.29, 1.82) is 0 Å². The van der Waals surface area contributed by atoms with Crippen LogP contribution in [0, 0.1) is 6.92 Å². The first-order valence-corrected chi connectivity index (χ1v) is 6.38. The standard InChI is InChI=1S/C13H16N4/c1-8-4-5-17-12(6-8)15-16-13(17)10-7-9-2-3-11(10)14-9/h4-6,9-11,14H,2-3,7H2,1H3. The molecule has 2 aliphatic heterocycles. The molecule has 2 aromatic heterocycles. The van der Waals surface area contributed by atoms with Gasteiger partial charge in [0.15, 0.2) is 5.65 Å². The van der Waals surface area contributed by atoms with Gasteiger partial charge in [-0.2, -0.15) is 0 Å². The molecule has 2 aliphatic rings. The van der Waals surface area contributed by atoms with E-state index in [0.29, 0.717) is 18.0 Å². The SMILES string of the molecule is Cc1ccn2c(C3CC4CCC3N4)nnc2c1. The summed E-state index contributed by atoms with van der Waals surface area (Å²) in [6, 6.07) is 5.55. The van der Waals surface area contributed by atoms with E-state index in [1.807, 2.05) is 0 Å². The number of aromatic nitrogens is 3. The molecule has 2 fully saturated rings. The van der Waals surface area contributed by atoms with Crippen molar-refractivity contribution in [2.45, 2.75) is 44.2 Å². The monoisotopic (exact) mass is 228 g/mol. The molecule has 17 heavy (non-hydrogen) atoms. The third kappa shape index (κ3) is 1.33. The first-order valence-electron chi connectivity index (χ1n) is 6.38. The maximum atomic E-state index is 4.41. The Balaban J connectivity index is 1.81. The second-order valence-corrected chi connectivity index (χ2v) is 5.38. The second kappa shape index (κ2) is 3.29. The molecule has 4 heteroatoms. The molecular formula is C13H16N4. The van der Waals surface area contributed by atoms with Gasteiger partial charge in [-0.15, -0.1) is 10.2 Å². The van der Waals surface area contributed by atoms with E-state index in [2.05, 4.69) is 45.2 Å². The fraction of sp³-hybridized carbons (Fsp3) is 0.538. The minimum absolute atomic E-state index is 0.548. The van der Waals surface area contributed by atoms with E-state index >= 15 is 0 Å². The highest BCUT2D eigenvalue weighted by molar-refractivity contribution is 5.41. The highest BCUT2D eigenvalue weighted by Gasteiger charge is 2.41. The summed E-state index contributed by atoms with van der Waals surface area (Å²) in [7, 11) is 0. The van der Waals surface area contributed by atoms with Crippen LogP contribution in [0.4, 0.5) is 0 Å². The van der Waals surface area contributed by atoms with Gasteiger partial charge in [-0.25, -0.2) is 0 Å². The Labute approximate surface area is 100 Å². The number of hydrogen-bond acceptors (Lipinski definition) is 3. The lowest BCUT2D eigenvalue weighted by Gasteiger charge is -2.18. The Morgan fingerprint density at radius 1 is 1.35 bits per heavy atom. The number of nitrogens with one attached hydrogen (secondary N) is 1. The van der Waals surface area contributed by atoms with Crippen LogP contribution >= 0.6 is 0 Å². The van der Waals surface area contributed by atoms with E-state index in [0.717, 1.165) is 11.5 Å². The van der Waals surface area contributed by atoms with Crippen molar-refractivity contribution < 1.29 is 0 Å². The quantitative estimate of drug-likeness (QED) is 0.807. The summed E-state index contributed by atoms with van der Waals surface area (Å²) < 4.78 is 2.15. The molecule has 0 amide bonds. The Morgan fingerprint density at radius 2 is 2.29 bits per heavy atom. The molecule has 2 aromatic rings. The Bertz CT molecular complexity index is 574. The van der Waals surface area contributed by atoms with Gasteiger partial charge in [-0.05, 0) is 43.9 Å². The van der Waals surface area contributed by atoms with Crippen molar-refractivity contribution in [3.63, 3.8) is 0 Å². The van der Waals surface area contributed by atoms with Crippen molar-refractivity contribution >= 4 is 5.65 Å². The van der Waals surface area contributed by atoms with Gasteiger partial charge in [-0.1, -0.05) is 0 Å². The van der Waals surface area contributed by atoms with Crippen molar-refractivity contribution in [2.75, 3.05) is 0 Å². The van der Waals surface area contributed by atoms with Crippen molar-refractivity contribution in [2.24, 2.45) is 0 Å². The molecule has 0 spiro atoms. The molecule has 0 saturated carbocycles. The smallest absolute Gasteiger partial charge is 0.161 e. The van der Waals surface area contributed by atoms with E-state index in [4.69, 9.17) is 0 Å². The Hall–Kier alpha value is -1.42. The van der Waals surface area contributed by atoms with Crippen LogP contribution < -0.4 is 5.32 Å². The third-order valence-electron chi connectivity index (χ3n) is 4.22. The van der Waals surface area contributed by atoms with Crippen molar-refractivity contribution in [3.05, 3.63) is 29.7 Å². The van der Waals surface area contributed by atoms with Crippen molar-refractivity contribution in [1.82, 2.24) is 19.9 Å². The van der Waals surface area contributed by atoms with Crippen LogP contribution in [0.25, 0.3) is 5.65 Å². The molecule has 0 aliphatic carbocycles. The molecule has 2 bridgehead atoms. The van der Waals surface area contributed by atoms with E-state index in [1.165, 1.54) is 24.8 Å². The highest BCUT2D eigenvalue weighted by Crippen LogP contribution is 2.39. The third-order valence-corrected chi connectivity index (χ3v) is 4.22. The van der Waals surface area contributed by atoms with Crippen LogP contribution in [-0.2, 0) is 0 Å². The largest absolute Gasteiger partial charge is 0.310 e. The fourth-order valence-corrected chi connectivity index (χ4v) is 3.37. The van der Waals surface area contributed by atoms with Crippen LogP contribution in [0.5, 0.6) is 0 Å². The van der Waals surface area contributed by atoms with E-state index in [1.54, 1.807) is 0 Å². The number of aryl methyl sites for hydroxylation is 1. The molecule has 3 atom stereocenters. The number of nitrogens with zero attached hydrogens (tertiary/aromatic N) is 3. The lowest BCUT2D eigenvalue weighted by atomic mass is 9.88. The molecule has 2 saturated heterocycles. The zero-order chi connectivity index (χ0) is 11.4. The highest BCUT2D eigenvalue weighted by atomic mass is 15.3. The molecular weight excluding hydrogens is 212 g/mol. The molecule has 4 heterocycles. The molecule has 4 rings (SSSR count). The number of hydrogen-bond donors (Lipinski definition) is 1. The van der Waals surface area contributed by atoms with Gasteiger partial charge in [-0.3, -0.25) is 4.40 Å². The van der Waals surface area contributed by atoms with Gasteiger partial charge in [0.25, 0.3) is 0 Å². The maximum Gasteiger partial charge on any atom is 0.161 e. The predicted molar refractivity (Wildman–Crippen MR) is 65.0 cm³/mol. The van der Waals surface area contributed by atoms with Gasteiger partial charge in [0.1, 0.15) is 5.82 Å². The average molecular weight is 228 g/mol. The number of fused-ring (bicyclic) bond motifs is 3.